The third-order valence-electron chi connectivity index (χ3n) is 4.25. The Labute approximate surface area is 150 Å². The number of carbonyl (C=O) groups is 1. The average molecular weight is 329 g/mol. The first kappa shape index (κ1) is 17.0. The van der Waals surface area contributed by atoms with Crippen LogP contribution in [0, 0.1) is 11.8 Å². The van der Waals surface area contributed by atoms with Crippen molar-refractivity contribution in [1.82, 2.24) is 0 Å². The van der Waals surface area contributed by atoms with Gasteiger partial charge in [-0.1, -0.05) is 68.5 Å². The number of anilines is 1. The quantitative estimate of drug-likeness (QED) is 0.663. The van der Waals surface area contributed by atoms with Crippen LogP contribution in [-0.2, 0) is 0 Å². The van der Waals surface area contributed by atoms with Crippen LogP contribution in [0.15, 0.2) is 60.2 Å². The zero-order chi connectivity index (χ0) is 17.6. The number of allylic oxidation sites excluding steroid dienone is 1. The molecule has 0 aromatic heterocycles. The van der Waals surface area contributed by atoms with Crippen LogP contribution in [0.4, 0.5) is 5.69 Å². The smallest absolute Gasteiger partial charge is 0.263 e. The lowest BCUT2D eigenvalue weighted by molar-refractivity contribution is 0.101. The van der Waals surface area contributed by atoms with Crippen LogP contribution in [0.3, 0.4) is 0 Å². The number of unbranched alkanes of at least 4 members (excludes halogenated alkanes) is 1. The molecule has 126 valence electrons. The van der Waals surface area contributed by atoms with E-state index in [4.69, 9.17) is 0 Å². The number of fused-ring (bicyclic) bond motifs is 1. The maximum atomic E-state index is 13.1. The van der Waals surface area contributed by atoms with Crippen molar-refractivity contribution in [2.45, 2.75) is 39.5 Å². The first-order valence-electron chi connectivity index (χ1n) is 8.98. The standard InChI is InChI=1S/C23H23NO/c1-3-5-7-13-18(12-4-2)22-20-16-10-11-17-21(20)23(25)24(22)19-14-8-6-9-15-19/h6,8-11,14-17H,3-5,12H2,1-2H3/b22-18+. The van der Waals surface area contributed by atoms with E-state index in [1.807, 2.05) is 59.5 Å². The van der Waals surface area contributed by atoms with Crippen molar-refractivity contribution in [3.8, 4) is 11.8 Å². The Morgan fingerprint density at radius 3 is 2.28 bits per heavy atom. The molecule has 0 atom stereocenters. The van der Waals surface area contributed by atoms with E-state index in [9.17, 15) is 4.79 Å². The van der Waals surface area contributed by atoms with Gasteiger partial charge in [0.1, 0.15) is 0 Å². The highest BCUT2D eigenvalue weighted by Crippen LogP contribution is 2.39. The predicted octanol–water partition coefficient (Wildman–Crippen LogP) is 5.66. The number of hydrogen-bond donors (Lipinski definition) is 0. The number of para-hydroxylation sites is 1. The van der Waals surface area contributed by atoms with Crippen molar-refractivity contribution in [2.24, 2.45) is 0 Å². The molecule has 0 aliphatic carbocycles. The molecular formula is C23H23NO. The van der Waals surface area contributed by atoms with Crippen LogP contribution in [0.5, 0.6) is 0 Å². The van der Waals surface area contributed by atoms with Gasteiger partial charge in [0.2, 0.25) is 0 Å². The number of nitrogens with zero attached hydrogens (tertiary/aromatic N) is 1. The third-order valence-corrected chi connectivity index (χ3v) is 4.25. The molecule has 1 aliphatic rings. The number of rotatable bonds is 4. The summed E-state index contributed by atoms with van der Waals surface area (Å²) in [6.07, 6.45) is 3.79. The summed E-state index contributed by atoms with van der Waals surface area (Å²) >= 11 is 0. The molecule has 0 fully saturated rings. The largest absolute Gasteiger partial charge is 0.275 e. The minimum absolute atomic E-state index is 0.0303. The Balaban J connectivity index is 2.22. The first-order valence-corrected chi connectivity index (χ1v) is 8.98. The summed E-state index contributed by atoms with van der Waals surface area (Å²) in [4.78, 5) is 14.9. The minimum atomic E-state index is 0.0303. The SMILES string of the molecule is CCCC#C/C(CCC)=C1\c2ccccc2C(=O)N1c1ccccc1. The van der Waals surface area contributed by atoms with Crippen LogP contribution >= 0.6 is 0 Å². The summed E-state index contributed by atoms with van der Waals surface area (Å²) in [5.41, 5.74) is 4.65. The van der Waals surface area contributed by atoms with Crippen molar-refractivity contribution in [3.05, 3.63) is 71.3 Å². The second-order valence-corrected chi connectivity index (χ2v) is 6.15. The van der Waals surface area contributed by atoms with Gasteiger partial charge in [-0.05, 0) is 31.0 Å². The van der Waals surface area contributed by atoms with Crippen molar-refractivity contribution in [2.75, 3.05) is 4.90 Å². The van der Waals surface area contributed by atoms with Crippen LogP contribution in [-0.4, -0.2) is 5.91 Å². The topological polar surface area (TPSA) is 20.3 Å². The molecule has 0 N–H and O–H groups in total. The molecule has 3 rings (SSSR count). The highest BCUT2D eigenvalue weighted by Gasteiger charge is 2.34. The van der Waals surface area contributed by atoms with Crippen LogP contribution in [0.2, 0.25) is 0 Å². The van der Waals surface area contributed by atoms with Gasteiger partial charge in [-0.3, -0.25) is 9.69 Å². The van der Waals surface area contributed by atoms with Crippen molar-refractivity contribution < 1.29 is 4.79 Å². The van der Waals surface area contributed by atoms with E-state index >= 15 is 0 Å². The van der Waals surface area contributed by atoms with Crippen LogP contribution < -0.4 is 4.90 Å². The van der Waals surface area contributed by atoms with Gasteiger partial charge in [0.15, 0.2) is 0 Å². The Kier molecular flexibility index (Phi) is 5.36. The molecule has 1 heterocycles. The Hall–Kier alpha value is -2.79. The Morgan fingerprint density at radius 1 is 0.920 bits per heavy atom. The Morgan fingerprint density at radius 2 is 1.60 bits per heavy atom. The van der Waals surface area contributed by atoms with E-state index in [2.05, 4.69) is 25.7 Å². The lowest BCUT2D eigenvalue weighted by Crippen LogP contribution is -2.23. The fourth-order valence-electron chi connectivity index (χ4n) is 3.12. The molecule has 0 radical (unpaired) electrons. The molecule has 0 saturated carbocycles. The van der Waals surface area contributed by atoms with Crippen molar-refractivity contribution >= 4 is 17.3 Å². The summed E-state index contributed by atoms with van der Waals surface area (Å²) in [5, 5.41) is 0. The van der Waals surface area contributed by atoms with Crippen LogP contribution in [0.25, 0.3) is 5.70 Å². The summed E-state index contributed by atoms with van der Waals surface area (Å²) in [7, 11) is 0. The summed E-state index contributed by atoms with van der Waals surface area (Å²) in [6.45, 7) is 4.28. The Bertz CT molecular complexity index is 852. The molecule has 0 unspecified atom stereocenters. The second-order valence-electron chi connectivity index (χ2n) is 6.15. The molecule has 1 amide bonds. The number of amides is 1. The summed E-state index contributed by atoms with van der Waals surface area (Å²) < 4.78 is 0. The number of hydrogen-bond acceptors (Lipinski definition) is 1. The lowest BCUT2D eigenvalue weighted by atomic mass is 10.0. The van der Waals surface area contributed by atoms with E-state index in [1.165, 1.54) is 0 Å². The highest BCUT2D eigenvalue weighted by molar-refractivity contribution is 6.23. The van der Waals surface area contributed by atoms with E-state index in [-0.39, 0.29) is 5.91 Å². The van der Waals surface area contributed by atoms with E-state index < -0.39 is 0 Å². The number of carbonyl (C=O) groups excluding carboxylic acids is 1. The highest BCUT2D eigenvalue weighted by atomic mass is 16.2. The fraction of sp³-hybridized carbons (Fsp3) is 0.261. The maximum Gasteiger partial charge on any atom is 0.263 e. The van der Waals surface area contributed by atoms with E-state index in [0.29, 0.717) is 0 Å². The first-order chi connectivity index (χ1) is 12.3. The molecule has 25 heavy (non-hydrogen) atoms. The second kappa shape index (κ2) is 7.85. The van der Waals surface area contributed by atoms with Gasteiger partial charge in [-0.2, -0.15) is 0 Å². The van der Waals surface area contributed by atoms with Gasteiger partial charge in [-0.25, -0.2) is 0 Å². The summed E-state index contributed by atoms with van der Waals surface area (Å²) in [6, 6.07) is 17.7. The van der Waals surface area contributed by atoms with Gasteiger partial charge in [-0.15, -0.1) is 0 Å². The van der Waals surface area contributed by atoms with Crippen LogP contribution in [0.1, 0.15) is 55.5 Å². The molecule has 2 aromatic rings. The van der Waals surface area contributed by atoms with Crippen molar-refractivity contribution in [3.63, 3.8) is 0 Å². The monoisotopic (exact) mass is 329 g/mol. The van der Waals surface area contributed by atoms with Gasteiger partial charge >= 0.3 is 0 Å². The molecule has 0 saturated heterocycles. The molecule has 0 bridgehead atoms. The average Bonchev–Trinajstić information content (AvgIpc) is 2.95. The van der Waals surface area contributed by atoms with Gasteiger partial charge in [0.05, 0.1) is 5.70 Å². The fourth-order valence-corrected chi connectivity index (χ4v) is 3.12. The molecular weight excluding hydrogens is 306 g/mol. The zero-order valence-electron chi connectivity index (χ0n) is 14.9. The molecule has 1 aliphatic heterocycles. The van der Waals surface area contributed by atoms with E-state index in [0.717, 1.165) is 53.8 Å². The molecule has 2 nitrogen and oxygen atoms in total. The van der Waals surface area contributed by atoms with Gasteiger partial charge in [0.25, 0.3) is 5.91 Å². The summed E-state index contributed by atoms with van der Waals surface area (Å²) in [5.74, 6) is 6.66. The molecule has 2 aromatic carbocycles. The molecule has 2 heteroatoms. The minimum Gasteiger partial charge on any atom is -0.275 e. The number of benzene rings is 2. The zero-order valence-corrected chi connectivity index (χ0v) is 14.9. The predicted molar refractivity (Wildman–Crippen MR) is 104 cm³/mol. The van der Waals surface area contributed by atoms with Gasteiger partial charge < -0.3 is 0 Å². The maximum absolute atomic E-state index is 13.1. The normalized spacial score (nSPS) is 14.8. The van der Waals surface area contributed by atoms with E-state index in [1.54, 1.807) is 0 Å². The van der Waals surface area contributed by atoms with Gasteiger partial charge in [0, 0.05) is 28.8 Å². The van der Waals surface area contributed by atoms with Crippen molar-refractivity contribution in [1.29, 1.82) is 0 Å². The third kappa shape index (κ3) is 3.37. The molecule has 0 spiro atoms. The lowest BCUT2D eigenvalue weighted by Gasteiger charge is -2.20.